The maximum Gasteiger partial charge on any atom is 0.235 e. The van der Waals surface area contributed by atoms with E-state index < -0.39 is 0 Å². The van der Waals surface area contributed by atoms with Gasteiger partial charge in [0.1, 0.15) is 0 Å². The molecule has 144 valence electrons. The van der Waals surface area contributed by atoms with Crippen LogP contribution in [0.3, 0.4) is 0 Å². The van der Waals surface area contributed by atoms with Gasteiger partial charge in [-0.3, -0.25) is 4.79 Å². The van der Waals surface area contributed by atoms with Gasteiger partial charge in [-0.05, 0) is 47.1 Å². The Kier molecular flexibility index (Phi) is 4.58. The molecule has 2 aromatic carbocycles. The van der Waals surface area contributed by atoms with Crippen LogP contribution in [0.25, 0.3) is 0 Å². The van der Waals surface area contributed by atoms with E-state index in [9.17, 15) is 4.79 Å². The zero-order valence-electron chi connectivity index (χ0n) is 16.8. The summed E-state index contributed by atoms with van der Waals surface area (Å²) in [4.78, 5) is 17.1. The minimum atomic E-state index is -0.369. The molecule has 1 heterocycles. The number of carbonyl (C=O) groups is 1. The lowest BCUT2D eigenvalue weighted by molar-refractivity contribution is -0.118. The minimum absolute atomic E-state index is 0.0957. The molecule has 0 atom stereocenters. The Labute approximate surface area is 166 Å². The van der Waals surface area contributed by atoms with Crippen LogP contribution in [0.15, 0.2) is 67.3 Å². The zero-order chi connectivity index (χ0) is 19.8. The fourth-order valence-electron chi connectivity index (χ4n) is 3.60. The van der Waals surface area contributed by atoms with Crippen LogP contribution in [0.2, 0.25) is 0 Å². The number of hydrogen-bond donors (Lipinski definition) is 1. The second-order valence-electron chi connectivity index (χ2n) is 8.80. The van der Waals surface area contributed by atoms with Crippen LogP contribution < -0.4 is 5.32 Å². The highest BCUT2D eigenvalue weighted by atomic mass is 16.2. The predicted molar refractivity (Wildman–Crippen MR) is 112 cm³/mol. The summed E-state index contributed by atoms with van der Waals surface area (Å²) in [5.74, 6) is 0.0957. The first-order chi connectivity index (χ1) is 13.4. The van der Waals surface area contributed by atoms with Crippen molar-refractivity contribution in [2.45, 2.75) is 51.0 Å². The molecular formula is C24H27N3O. The number of anilines is 1. The van der Waals surface area contributed by atoms with Crippen molar-refractivity contribution in [3.05, 3.63) is 83.9 Å². The molecule has 1 aromatic heterocycles. The van der Waals surface area contributed by atoms with E-state index >= 15 is 0 Å². The minimum Gasteiger partial charge on any atom is -0.333 e. The van der Waals surface area contributed by atoms with Gasteiger partial charge in [0.2, 0.25) is 5.91 Å². The summed E-state index contributed by atoms with van der Waals surface area (Å²) in [7, 11) is 0. The molecule has 1 fully saturated rings. The average molecular weight is 374 g/mol. The highest BCUT2D eigenvalue weighted by Gasteiger charge is 2.51. The number of hydrogen-bond acceptors (Lipinski definition) is 2. The van der Waals surface area contributed by atoms with Gasteiger partial charge < -0.3 is 9.88 Å². The Hall–Kier alpha value is -2.88. The van der Waals surface area contributed by atoms with E-state index in [1.54, 1.807) is 12.5 Å². The summed E-state index contributed by atoms with van der Waals surface area (Å²) in [6.45, 7) is 7.40. The molecule has 4 nitrogen and oxygen atoms in total. The lowest BCUT2D eigenvalue weighted by Crippen LogP contribution is -2.28. The first-order valence-electron chi connectivity index (χ1n) is 9.84. The van der Waals surface area contributed by atoms with Crippen molar-refractivity contribution in [2.75, 3.05) is 5.32 Å². The summed E-state index contributed by atoms with van der Waals surface area (Å²) in [5.41, 5.74) is 4.18. The molecule has 4 rings (SSSR count). The second kappa shape index (κ2) is 6.93. The number of rotatable bonds is 5. The van der Waals surface area contributed by atoms with Crippen molar-refractivity contribution in [1.29, 1.82) is 0 Å². The zero-order valence-corrected chi connectivity index (χ0v) is 16.8. The smallest absolute Gasteiger partial charge is 0.235 e. The van der Waals surface area contributed by atoms with Gasteiger partial charge in [0, 0.05) is 24.6 Å². The lowest BCUT2D eigenvalue weighted by Gasteiger charge is -2.21. The van der Waals surface area contributed by atoms with Gasteiger partial charge in [0.25, 0.3) is 0 Å². The maximum atomic E-state index is 13.0. The topological polar surface area (TPSA) is 46.9 Å². The third-order valence-corrected chi connectivity index (χ3v) is 5.62. The Morgan fingerprint density at radius 1 is 1.07 bits per heavy atom. The standard InChI is InChI=1S/C24H27N3O/c1-23(2,3)19-6-8-20(9-7-19)24(12-13-24)22(28)26-21-10-4-18(5-11-21)16-27-15-14-25-17-27/h4-11,14-15,17H,12-13,16H2,1-3H3,(H,26,28). The summed E-state index contributed by atoms with van der Waals surface area (Å²) < 4.78 is 2.02. The van der Waals surface area contributed by atoms with Crippen LogP contribution in [0.5, 0.6) is 0 Å². The number of nitrogens with one attached hydrogen (secondary N) is 1. The molecule has 1 aliphatic carbocycles. The first kappa shape index (κ1) is 18.5. The Bertz CT molecular complexity index is 945. The molecule has 0 spiro atoms. The third kappa shape index (κ3) is 3.72. The molecule has 1 saturated carbocycles. The SMILES string of the molecule is CC(C)(C)c1ccc(C2(C(=O)Nc3ccc(Cn4ccnc4)cc3)CC2)cc1. The molecule has 0 unspecified atom stereocenters. The van der Waals surface area contributed by atoms with E-state index in [2.05, 4.69) is 55.3 Å². The Balaban J connectivity index is 1.44. The molecule has 0 bridgehead atoms. The number of carbonyl (C=O) groups excluding carboxylic acids is 1. The fourth-order valence-corrected chi connectivity index (χ4v) is 3.60. The van der Waals surface area contributed by atoms with Gasteiger partial charge in [0.15, 0.2) is 0 Å². The van der Waals surface area contributed by atoms with Gasteiger partial charge in [0.05, 0.1) is 11.7 Å². The molecular weight excluding hydrogens is 346 g/mol. The molecule has 0 aliphatic heterocycles. The molecule has 1 amide bonds. The van der Waals surface area contributed by atoms with Gasteiger partial charge in [-0.2, -0.15) is 0 Å². The lowest BCUT2D eigenvalue weighted by atomic mass is 9.85. The summed E-state index contributed by atoms with van der Waals surface area (Å²) >= 11 is 0. The van der Waals surface area contributed by atoms with Crippen LogP contribution in [0.4, 0.5) is 5.69 Å². The molecule has 28 heavy (non-hydrogen) atoms. The number of aromatic nitrogens is 2. The van der Waals surface area contributed by atoms with E-state index in [4.69, 9.17) is 0 Å². The average Bonchev–Trinajstić information content (AvgIpc) is 3.34. The van der Waals surface area contributed by atoms with Crippen molar-refractivity contribution in [1.82, 2.24) is 9.55 Å². The molecule has 0 saturated heterocycles. The second-order valence-corrected chi connectivity index (χ2v) is 8.80. The molecule has 0 radical (unpaired) electrons. The van der Waals surface area contributed by atoms with E-state index in [0.29, 0.717) is 0 Å². The quantitative estimate of drug-likeness (QED) is 0.691. The van der Waals surface area contributed by atoms with Crippen molar-refractivity contribution >= 4 is 11.6 Å². The van der Waals surface area contributed by atoms with Crippen LogP contribution in [-0.4, -0.2) is 15.5 Å². The molecule has 1 N–H and O–H groups in total. The number of amides is 1. The van der Waals surface area contributed by atoms with Crippen LogP contribution in [0.1, 0.15) is 50.3 Å². The Morgan fingerprint density at radius 3 is 2.29 bits per heavy atom. The number of benzene rings is 2. The number of nitrogens with zero attached hydrogens (tertiary/aromatic N) is 2. The monoisotopic (exact) mass is 373 g/mol. The van der Waals surface area contributed by atoms with Crippen molar-refractivity contribution in [3.8, 4) is 0 Å². The van der Waals surface area contributed by atoms with E-state index in [0.717, 1.165) is 30.6 Å². The Morgan fingerprint density at radius 2 is 1.75 bits per heavy atom. The van der Waals surface area contributed by atoms with Crippen molar-refractivity contribution < 1.29 is 4.79 Å². The van der Waals surface area contributed by atoms with Gasteiger partial charge in [-0.15, -0.1) is 0 Å². The van der Waals surface area contributed by atoms with Gasteiger partial charge in [-0.25, -0.2) is 4.98 Å². The van der Waals surface area contributed by atoms with Gasteiger partial charge >= 0.3 is 0 Å². The van der Waals surface area contributed by atoms with Crippen LogP contribution in [0, 0.1) is 0 Å². The number of imidazole rings is 1. The summed E-state index contributed by atoms with van der Waals surface area (Å²) in [5, 5.41) is 3.12. The van der Waals surface area contributed by atoms with E-state index in [-0.39, 0.29) is 16.7 Å². The summed E-state index contributed by atoms with van der Waals surface area (Å²) in [6, 6.07) is 16.6. The van der Waals surface area contributed by atoms with Crippen LogP contribution in [-0.2, 0) is 22.2 Å². The third-order valence-electron chi connectivity index (χ3n) is 5.62. The highest BCUT2D eigenvalue weighted by molar-refractivity contribution is 6.01. The van der Waals surface area contributed by atoms with E-state index in [1.807, 2.05) is 35.0 Å². The van der Waals surface area contributed by atoms with Crippen LogP contribution >= 0.6 is 0 Å². The molecule has 3 aromatic rings. The maximum absolute atomic E-state index is 13.0. The highest BCUT2D eigenvalue weighted by Crippen LogP contribution is 2.49. The van der Waals surface area contributed by atoms with Crippen molar-refractivity contribution in [2.24, 2.45) is 0 Å². The first-order valence-corrected chi connectivity index (χ1v) is 9.84. The fraction of sp³-hybridized carbons (Fsp3) is 0.333. The van der Waals surface area contributed by atoms with Gasteiger partial charge in [-0.1, -0.05) is 57.2 Å². The van der Waals surface area contributed by atoms with Crippen molar-refractivity contribution in [3.63, 3.8) is 0 Å². The molecule has 4 heteroatoms. The normalized spacial score (nSPS) is 15.2. The largest absolute Gasteiger partial charge is 0.333 e. The predicted octanol–water partition coefficient (Wildman–Crippen LogP) is 4.90. The van der Waals surface area contributed by atoms with E-state index in [1.165, 1.54) is 11.1 Å². The molecule has 1 aliphatic rings. The summed E-state index contributed by atoms with van der Waals surface area (Å²) in [6.07, 6.45) is 7.34.